The molecule has 64 valence electrons. The molecule has 0 saturated heterocycles. The smallest absolute Gasteiger partial charge is 0.266 e. The van der Waals surface area contributed by atoms with Crippen LogP contribution in [0.3, 0.4) is 0 Å². The van der Waals surface area contributed by atoms with Crippen LogP contribution in [0.25, 0.3) is 0 Å². The van der Waals surface area contributed by atoms with Crippen LogP contribution in [0, 0.1) is 0 Å². The topological polar surface area (TPSA) is 94.0 Å². The second kappa shape index (κ2) is 3.51. The molecule has 1 rings (SSSR count). The molecule has 0 atom stereocenters. The Morgan fingerprint density at radius 2 is 2.33 bits per heavy atom. The highest BCUT2D eigenvalue weighted by Gasteiger charge is 2.05. The highest BCUT2D eigenvalue weighted by molar-refractivity contribution is 9.10. The van der Waals surface area contributed by atoms with Crippen LogP contribution in [0.2, 0.25) is 0 Å². The van der Waals surface area contributed by atoms with Gasteiger partial charge in [-0.15, -0.1) is 0 Å². The Balaban J connectivity index is 3.05. The Bertz CT molecular complexity index is 314. The molecule has 5 N–H and O–H groups in total. The molecule has 0 bridgehead atoms. The summed E-state index contributed by atoms with van der Waals surface area (Å²) in [5.74, 6) is 4.50. The van der Waals surface area contributed by atoms with Gasteiger partial charge in [-0.25, -0.2) is 10.8 Å². The fourth-order valence-corrected chi connectivity index (χ4v) is 0.889. The van der Waals surface area contributed by atoms with E-state index in [9.17, 15) is 4.79 Å². The summed E-state index contributed by atoms with van der Waals surface area (Å²) in [7, 11) is 0. The number of nitrogens with two attached hydrogens (primary N) is 2. The standard InChI is InChI=1S/C6H7BrN4O/c7-5-4(8)1-3(2-10-5)6(12)11-9/h1-2H,8-9H2,(H,11,12). The highest BCUT2D eigenvalue weighted by Crippen LogP contribution is 2.16. The van der Waals surface area contributed by atoms with Gasteiger partial charge < -0.3 is 5.73 Å². The quantitative estimate of drug-likeness (QED) is 0.275. The van der Waals surface area contributed by atoms with Gasteiger partial charge in [0.15, 0.2) is 0 Å². The number of halogens is 1. The molecule has 1 amide bonds. The fraction of sp³-hybridized carbons (Fsp3) is 0. The van der Waals surface area contributed by atoms with Gasteiger partial charge in [0.1, 0.15) is 4.60 Å². The maximum absolute atomic E-state index is 10.9. The summed E-state index contributed by atoms with van der Waals surface area (Å²) in [5, 5.41) is 0. The number of hydrazine groups is 1. The van der Waals surface area contributed by atoms with E-state index in [1.165, 1.54) is 12.3 Å². The monoisotopic (exact) mass is 230 g/mol. The molecule has 0 aliphatic heterocycles. The summed E-state index contributed by atoms with van der Waals surface area (Å²) in [5.41, 5.74) is 8.19. The maximum Gasteiger partial charge on any atom is 0.266 e. The number of carbonyl (C=O) groups is 1. The third kappa shape index (κ3) is 1.72. The lowest BCUT2D eigenvalue weighted by Gasteiger charge is -2.00. The summed E-state index contributed by atoms with van der Waals surface area (Å²) < 4.78 is 0.510. The molecule has 0 saturated carbocycles. The zero-order valence-corrected chi connectivity index (χ0v) is 7.63. The molecular formula is C6H7BrN4O. The lowest BCUT2D eigenvalue weighted by atomic mass is 10.2. The maximum atomic E-state index is 10.9. The molecule has 0 aliphatic carbocycles. The van der Waals surface area contributed by atoms with Gasteiger partial charge >= 0.3 is 0 Å². The molecule has 0 spiro atoms. The van der Waals surface area contributed by atoms with Crippen molar-refractivity contribution in [1.82, 2.24) is 10.4 Å². The molecule has 5 nitrogen and oxygen atoms in total. The molecule has 12 heavy (non-hydrogen) atoms. The van der Waals surface area contributed by atoms with E-state index >= 15 is 0 Å². The van der Waals surface area contributed by atoms with Crippen LogP contribution < -0.4 is 17.0 Å². The van der Waals surface area contributed by atoms with Crippen molar-refractivity contribution in [1.29, 1.82) is 0 Å². The van der Waals surface area contributed by atoms with Crippen molar-refractivity contribution >= 4 is 27.5 Å². The highest BCUT2D eigenvalue weighted by atomic mass is 79.9. The van der Waals surface area contributed by atoms with E-state index in [2.05, 4.69) is 20.9 Å². The summed E-state index contributed by atoms with van der Waals surface area (Å²) >= 11 is 3.10. The van der Waals surface area contributed by atoms with Crippen LogP contribution >= 0.6 is 15.9 Å². The average Bonchev–Trinajstić information content (AvgIpc) is 2.08. The number of anilines is 1. The van der Waals surface area contributed by atoms with Crippen LogP contribution in [0.5, 0.6) is 0 Å². The van der Waals surface area contributed by atoms with Gasteiger partial charge in [-0.3, -0.25) is 10.2 Å². The zero-order chi connectivity index (χ0) is 9.14. The summed E-state index contributed by atoms with van der Waals surface area (Å²) in [6.45, 7) is 0. The van der Waals surface area contributed by atoms with Crippen molar-refractivity contribution in [3.63, 3.8) is 0 Å². The van der Waals surface area contributed by atoms with Crippen LogP contribution in [0.15, 0.2) is 16.9 Å². The molecule has 0 aliphatic rings. The molecule has 0 unspecified atom stereocenters. The van der Waals surface area contributed by atoms with Crippen molar-refractivity contribution in [3.05, 3.63) is 22.4 Å². The average molecular weight is 231 g/mol. The normalized spacial score (nSPS) is 9.50. The summed E-state index contributed by atoms with van der Waals surface area (Å²) in [4.78, 5) is 14.8. The van der Waals surface area contributed by atoms with Crippen LogP contribution in [-0.2, 0) is 0 Å². The van der Waals surface area contributed by atoms with E-state index in [1.54, 1.807) is 0 Å². The fourth-order valence-electron chi connectivity index (χ4n) is 0.673. The van der Waals surface area contributed by atoms with Crippen molar-refractivity contribution < 1.29 is 4.79 Å². The van der Waals surface area contributed by atoms with Gasteiger partial charge in [0.2, 0.25) is 0 Å². The molecule has 1 heterocycles. The Labute approximate surface area is 77.2 Å². The first-order valence-electron chi connectivity index (χ1n) is 3.07. The number of nitrogens with one attached hydrogen (secondary N) is 1. The first-order chi connectivity index (χ1) is 5.65. The minimum absolute atomic E-state index is 0.332. The number of amides is 1. The first kappa shape index (κ1) is 8.95. The first-order valence-corrected chi connectivity index (χ1v) is 3.86. The van der Waals surface area contributed by atoms with Crippen molar-refractivity contribution in [2.24, 2.45) is 5.84 Å². The Morgan fingerprint density at radius 1 is 1.67 bits per heavy atom. The number of aromatic nitrogens is 1. The minimum atomic E-state index is -0.415. The zero-order valence-electron chi connectivity index (χ0n) is 6.04. The van der Waals surface area contributed by atoms with Gasteiger partial charge in [0, 0.05) is 6.20 Å². The number of hydrogen-bond donors (Lipinski definition) is 3. The van der Waals surface area contributed by atoms with Crippen molar-refractivity contribution in [2.45, 2.75) is 0 Å². The predicted molar refractivity (Wildman–Crippen MR) is 48.0 cm³/mol. The minimum Gasteiger partial charge on any atom is -0.397 e. The van der Waals surface area contributed by atoms with E-state index in [-0.39, 0.29) is 0 Å². The second-order valence-electron chi connectivity index (χ2n) is 2.08. The lowest BCUT2D eigenvalue weighted by Crippen LogP contribution is -2.30. The van der Waals surface area contributed by atoms with Crippen LogP contribution in [-0.4, -0.2) is 10.9 Å². The number of hydrogen-bond acceptors (Lipinski definition) is 4. The van der Waals surface area contributed by atoms with Crippen molar-refractivity contribution in [3.8, 4) is 0 Å². The van der Waals surface area contributed by atoms with Crippen LogP contribution in [0.1, 0.15) is 10.4 Å². The Hall–Kier alpha value is -1.14. The SMILES string of the molecule is NNC(=O)c1cnc(Br)c(N)c1. The molecular weight excluding hydrogens is 224 g/mol. The number of pyridine rings is 1. The van der Waals surface area contributed by atoms with E-state index in [4.69, 9.17) is 11.6 Å². The van der Waals surface area contributed by atoms with Gasteiger partial charge in [-0.2, -0.15) is 0 Å². The van der Waals surface area contributed by atoms with E-state index in [0.717, 1.165) is 0 Å². The van der Waals surface area contributed by atoms with Gasteiger partial charge in [-0.05, 0) is 22.0 Å². The third-order valence-electron chi connectivity index (χ3n) is 1.26. The van der Waals surface area contributed by atoms with E-state index < -0.39 is 5.91 Å². The van der Waals surface area contributed by atoms with Gasteiger partial charge in [0.25, 0.3) is 5.91 Å². The second-order valence-corrected chi connectivity index (χ2v) is 2.83. The summed E-state index contributed by atoms with van der Waals surface area (Å²) in [6, 6.07) is 1.49. The molecule has 1 aromatic rings. The van der Waals surface area contributed by atoms with Gasteiger partial charge in [0.05, 0.1) is 11.3 Å². The number of rotatable bonds is 1. The van der Waals surface area contributed by atoms with E-state index in [1.807, 2.05) is 5.43 Å². The number of nitrogens with zero attached hydrogens (tertiary/aromatic N) is 1. The Morgan fingerprint density at radius 3 is 2.83 bits per heavy atom. The third-order valence-corrected chi connectivity index (χ3v) is 1.92. The molecule has 6 heteroatoms. The largest absolute Gasteiger partial charge is 0.397 e. The van der Waals surface area contributed by atoms with Gasteiger partial charge in [-0.1, -0.05) is 0 Å². The molecule has 0 radical (unpaired) electrons. The number of nitrogen functional groups attached to an aromatic ring is 2. The van der Waals surface area contributed by atoms with Crippen molar-refractivity contribution in [2.75, 3.05) is 5.73 Å². The molecule has 0 fully saturated rings. The number of carbonyl (C=O) groups excluding carboxylic acids is 1. The molecule has 1 aromatic heterocycles. The lowest BCUT2D eigenvalue weighted by molar-refractivity contribution is 0.0953. The van der Waals surface area contributed by atoms with E-state index in [0.29, 0.717) is 15.9 Å². The predicted octanol–water partition coefficient (Wildman–Crippen LogP) is 0.0298. The summed E-state index contributed by atoms with van der Waals surface area (Å²) in [6.07, 6.45) is 1.38. The Kier molecular flexibility index (Phi) is 2.61. The van der Waals surface area contributed by atoms with Crippen LogP contribution in [0.4, 0.5) is 5.69 Å². The molecule has 0 aromatic carbocycles.